The van der Waals surface area contributed by atoms with E-state index >= 15 is 0 Å². The van der Waals surface area contributed by atoms with Crippen LogP contribution in [0.1, 0.15) is 43.3 Å². The highest BCUT2D eigenvalue weighted by Gasteiger charge is 2.46. The highest BCUT2D eigenvalue weighted by molar-refractivity contribution is 6.46. The smallest absolute Gasteiger partial charge is 0.295 e. The molecule has 3 aromatic rings. The van der Waals surface area contributed by atoms with Gasteiger partial charge in [0.05, 0.1) is 37.1 Å². The number of rotatable bonds is 10. The Morgan fingerprint density at radius 2 is 1.89 bits per heavy atom. The second kappa shape index (κ2) is 10.8. The minimum atomic E-state index is -0.840. The maximum absolute atomic E-state index is 13.3. The fraction of sp³-hybridized carbons (Fsp3) is 0.370. The zero-order chi connectivity index (χ0) is 25.8. The molecule has 1 N–H and O–H groups in total. The van der Waals surface area contributed by atoms with E-state index < -0.39 is 17.7 Å². The summed E-state index contributed by atoms with van der Waals surface area (Å²) in [6.45, 7) is 6.98. The second-order valence-electron chi connectivity index (χ2n) is 8.45. The van der Waals surface area contributed by atoms with Crippen molar-refractivity contribution in [1.82, 2.24) is 14.3 Å². The molecule has 0 bridgehead atoms. The van der Waals surface area contributed by atoms with Gasteiger partial charge in [0, 0.05) is 19.9 Å². The van der Waals surface area contributed by atoms with Crippen molar-refractivity contribution in [2.24, 2.45) is 0 Å². The van der Waals surface area contributed by atoms with Crippen LogP contribution < -0.4 is 9.47 Å². The van der Waals surface area contributed by atoms with Crippen LogP contribution in [0.3, 0.4) is 0 Å². The molecule has 190 valence electrons. The third-order valence-electron chi connectivity index (χ3n) is 6.05. The second-order valence-corrected chi connectivity index (χ2v) is 8.45. The predicted octanol–water partition coefficient (Wildman–Crippen LogP) is 3.90. The van der Waals surface area contributed by atoms with Gasteiger partial charge >= 0.3 is 0 Å². The molecule has 3 heterocycles. The molecule has 0 radical (unpaired) electrons. The zero-order valence-electron chi connectivity index (χ0n) is 21.0. The first-order valence-electron chi connectivity index (χ1n) is 12.0. The molecular weight excluding hydrogens is 462 g/mol. The van der Waals surface area contributed by atoms with Crippen LogP contribution >= 0.6 is 0 Å². The summed E-state index contributed by atoms with van der Waals surface area (Å²) >= 11 is 0. The Labute approximate surface area is 209 Å². The SMILES string of the molecule is CCCOc1ccc(C2C(=C(O)c3c(C)nc4ccccn34)C(=O)C(=O)N2CCOC)cc1OCC. The van der Waals surface area contributed by atoms with Crippen molar-refractivity contribution in [1.29, 1.82) is 0 Å². The largest absolute Gasteiger partial charge is 0.505 e. The normalized spacial score (nSPS) is 17.2. The maximum Gasteiger partial charge on any atom is 0.295 e. The summed E-state index contributed by atoms with van der Waals surface area (Å²) in [5.41, 5.74) is 2.14. The number of aromatic nitrogens is 2. The summed E-state index contributed by atoms with van der Waals surface area (Å²) in [5.74, 6) is -0.656. The van der Waals surface area contributed by atoms with Crippen LogP contribution in [0.4, 0.5) is 0 Å². The number of hydrogen-bond donors (Lipinski definition) is 1. The van der Waals surface area contributed by atoms with Crippen LogP contribution in [0.2, 0.25) is 0 Å². The van der Waals surface area contributed by atoms with Crippen LogP contribution in [-0.4, -0.2) is 64.6 Å². The fourth-order valence-electron chi connectivity index (χ4n) is 4.47. The Kier molecular flexibility index (Phi) is 7.59. The number of pyridine rings is 1. The van der Waals surface area contributed by atoms with Gasteiger partial charge in [-0.25, -0.2) is 4.98 Å². The van der Waals surface area contributed by atoms with Gasteiger partial charge in [0.15, 0.2) is 17.3 Å². The van der Waals surface area contributed by atoms with Gasteiger partial charge in [0.25, 0.3) is 11.7 Å². The Balaban J connectivity index is 1.91. The Morgan fingerprint density at radius 1 is 1.08 bits per heavy atom. The number of ketones is 1. The highest BCUT2D eigenvalue weighted by Crippen LogP contribution is 2.42. The van der Waals surface area contributed by atoms with E-state index in [1.54, 1.807) is 35.7 Å². The van der Waals surface area contributed by atoms with E-state index in [9.17, 15) is 14.7 Å². The van der Waals surface area contributed by atoms with Crippen molar-refractivity contribution in [3.63, 3.8) is 0 Å². The lowest BCUT2D eigenvalue weighted by Gasteiger charge is -2.26. The molecule has 1 unspecified atom stereocenters. The Bertz CT molecular complexity index is 1310. The highest BCUT2D eigenvalue weighted by atomic mass is 16.5. The van der Waals surface area contributed by atoms with E-state index in [-0.39, 0.29) is 24.5 Å². The quantitative estimate of drug-likeness (QED) is 0.260. The van der Waals surface area contributed by atoms with Crippen molar-refractivity contribution in [2.75, 3.05) is 33.5 Å². The molecule has 1 aromatic carbocycles. The van der Waals surface area contributed by atoms with E-state index in [1.807, 2.05) is 32.0 Å². The minimum absolute atomic E-state index is 0.00506. The number of aliphatic hydroxyl groups is 1. The number of Topliss-reactive ketones (excluding diaryl/α,β-unsaturated/α-hetero) is 1. The molecule has 2 aromatic heterocycles. The molecular formula is C27H31N3O6. The number of aryl methyl sites for hydroxylation is 1. The Hall–Kier alpha value is -3.85. The van der Waals surface area contributed by atoms with Gasteiger partial charge in [0.1, 0.15) is 11.3 Å². The number of imidazole rings is 1. The van der Waals surface area contributed by atoms with Crippen molar-refractivity contribution in [3.8, 4) is 11.5 Å². The molecule has 0 saturated carbocycles. The molecule has 0 spiro atoms. The molecule has 9 nitrogen and oxygen atoms in total. The third-order valence-corrected chi connectivity index (χ3v) is 6.05. The number of nitrogens with zero attached hydrogens (tertiary/aromatic N) is 3. The number of aliphatic hydroxyl groups excluding tert-OH is 1. The first-order chi connectivity index (χ1) is 17.4. The molecule has 0 aliphatic carbocycles. The summed E-state index contributed by atoms with van der Waals surface area (Å²) in [4.78, 5) is 32.4. The molecule has 1 aliphatic heterocycles. The van der Waals surface area contributed by atoms with E-state index in [2.05, 4.69) is 4.98 Å². The number of ether oxygens (including phenoxy) is 3. The molecule has 9 heteroatoms. The molecule has 1 aliphatic rings. The number of methoxy groups -OCH3 is 1. The van der Waals surface area contributed by atoms with E-state index in [4.69, 9.17) is 14.2 Å². The van der Waals surface area contributed by atoms with Gasteiger partial charge in [-0.2, -0.15) is 0 Å². The summed E-state index contributed by atoms with van der Waals surface area (Å²) in [6, 6.07) is 9.94. The van der Waals surface area contributed by atoms with Gasteiger partial charge in [-0.1, -0.05) is 19.1 Å². The number of fused-ring (bicyclic) bond motifs is 1. The lowest BCUT2D eigenvalue weighted by Crippen LogP contribution is -2.32. The molecule has 1 fully saturated rings. The first kappa shape index (κ1) is 25.2. The fourth-order valence-corrected chi connectivity index (χ4v) is 4.47. The van der Waals surface area contributed by atoms with Gasteiger partial charge in [0.2, 0.25) is 0 Å². The first-order valence-corrected chi connectivity index (χ1v) is 12.0. The topological polar surface area (TPSA) is 103 Å². The molecule has 1 atom stereocenters. The van der Waals surface area contributed by atoms with Crippen LogP contribution in [0.25, 0.3) is 11.4 Å². The van der Waals surface area contributed by atoms with Gasteiger partial charge in [-0.3, -0.25) is 14.0 Å². The number of carbonyl (C=O) groups excluding carboxylic acids is 2. The molecule has 1 amide bonds. The summed E-state index contributed by atoms with van der Waals surface area (Å²) in [7, 11) is 1.53. The lowest BCUT2D eigenvalue weighted by atomic mass is 9.96. The van der Waals surface area contributed by atoms with Gasteiger partial charge in [-0.05, 0) is 50.1 Å². The van der Waals surface area contributed by atoms with Gasteiger partial charge < -0.3 is 24.2 Å². The van der Waals surface area contributed by atoms with Crippen molar-refractivity contribution in [3.05, 3.63) is 65.1 Å². The zero-order valence-corrected chi connectivity index (χ0v) is 21.0. The van der Waals surface area contributed by atoms with E-state index in [0.29, 0.717) is 47.3 Å². The van der Waals surface area contributed by atoms with Crippen LogP contribution in [0.15, 0.2) is 48.2 Å². The summed E-state index contributed by atoms with van der Waals surface area (Å²) in [5, 5.41) is 11.5. The number of carbonyl (C=O) groups is 2. The standard InChI is InChI=1S/C27H31N3O6/c1-5-14-36-19-11-10-18(16-20(19)35-6-2)24-22(26(32)27(33)30(24)13-15-34-4)25(31)23-17(3)28-21-9-7-8-12-29(21)23/h7-12,16,24,31H,5-6,13-15H2,1-4H3. The number of likely N-dealkylation sites (tertiary alicyclic amines) is 1. The third kappa shape index (κ3) is 4.54. The Morgan fingerprint density at radius 3 is 2.61 bits per heavy atom. The monoisotopic (exact) mass is 493 g/mol. The average molecular weight is 494 g/mol. The number of amides is 1. The minimum Gasteiger partial charge on any atom is -0.505 e. The maximum atomic E-state index is 13.3. The van der Waals surface area contributed by atoms with Crippen molar-refractivity contribution >= 4 is 23.1 Å². The predicted molar refractivity (Wildman–Crippen MR) is 134 cm³/mol. The molecule has 4 rings (SSSR count). The van der Waals surface area contributed by atoms with Crippen LogP contribution in [0.5, 0.6) is 11.5 Å². The molecule has 36 heavy (non-hydrogen) atoms. The number of hydrogen-bond acceptors (Lipinski definition) is 7. The van der Waals surface area contributed by atoms with E-state index in [0.717, 1.165) is 6.42 Å². The van der Waals surface area contributed by atoms with Crippen molar-refractivity contribution in [2.45, 2.75) is 33.2 Å². The average Bonchev–Trinajstić information content (AvgIpc) is 3.34. The summed E-state index contributed by atoms with van der Waals surface area (Å²) in [6.07, 6.45) is 2.59. The summed E-state index contributed by atoms with van der Waals surface area (Å²) < 4.78 is 18.5. The van der Waals surface area contributed by atoms with Crippen LogP contribution in [-0.2, 0) is 14.3 Å². The van der Waals surface area contributed by atoms with Crippen molar-refractivity contribution < 1.29 is 28.9 Å². The van der Waals surface area contributed by atoms with E-state index in [1.165, 1.54) is 12.0 Å². The van der Waals surface area contributed by atoms with Gasteiger partial charge in [-0.15, -0.1) is 0 Å². The molecule has 1 saturated heterocycles. The lowest BCUT2D eigenvalue weighted by molar-refractivity contribution is -0.140. The number of benzene rings is 1. The van der Waals surface area contributed by atoms with Crippen LogP contribution in [0, 0.1) is 6.92 Å².